The van der Waals surface area contributed by atoms with E-state index in [1.54, 1.807) is 0 Å². The molecule has 2 N–H and O–H groups in total. The van der Waals surface area contributed by atoms with Crippen LogP contribution in [0.25, 0.3) is 0 Å². The van der Waals surface area contributed by atoms with Crippen LogP contribution in [0.1, 0.15) is 37.2 Å². The van der Waals surface area contributed by atoms with Crippen molar-refractivity contribution in [3.8, 4) is 0 Å². The maximum absolute atomic E-state index is 12.7. The van der Waals surface area contributed by atoms with Crippen molar-refractivity contribution in [1.29, 1.82) is 0 Å². The van der Waals surface area contributed by atoms with Gasteiger partial charge in [0.15, 0.2) is 0 Å². The minimum Gasteiger partial charge on any atom is -0.338 e. The summed E-state index contributed by atoms with van der Waals surface area (Å²) in [5.74, 6) is 0.642. The van der Waals surface area contributed by atoms with Crippen LogP contribution < -0.4 is 5.73 Å². The smallest absolute Gasteiger partial charge is 0.226 e. The molecule has 2 aliphatic rings. The van der Waals surface area contributed by atoms with E-state index < -0.39 is 0 Å². The number of likely N-dealkylation sites (tertiary alicyclic amines) is 1. The first-order valence-electron chi connectivity index (χ1n) is 7.57. The molecule has 1 aromatic carbocycles. The quantitative estimate of drug-likeness (QED) is 0.886. The molecule has 122 valence electrons. The summed E-state index contributed by atoms with van der Waals surface area (Å²) in [6.45, 7) is 1.42. The second-order valence-electron chi connectivity index (χ2n) is 6.04. The first-order valence-corrected chi connectivity index (χ1v) is 8.33. The Morgan fingerprint density at radius 3 is 2.73 bits per heavy atom. The van der Waals surface area contributed by atoms with Gasteiger partial charge in [-0.2, -0.15) is 0 Å². The molecule has 2 fully saturated rings. The number of piperidine rings is 1. The summed E-state index contributed by atoms with van der Waals surface area (Å²) in [6, 6.07) is 5.89. The minimum absolute atomic E-state index is 0. The molecule has 22 heavy (non-hydrogen) atoms. The highest BCUT2D eigenvalue weighted by Gasteiger charge is 2.47. The normalized spacial score (nSPS) is 27.2. The average molecular weight is 364 g/mol. The van der Waals surface area contributed by atoms with E-state index in [4.69, 9.17) is 28.9 Å². The Morgan fingerprint density at radius 2 is 2.05 bits per heavy atom. The molecule has 1 aliphatic carbocycles. The van der Waals surface area contributed by atoms with Gasteiger partial charge >= 0.3 is 0 Å². The molecule has 0 spiro atoms. The molecule has 3 atom stereocenters. The molecule has 1 aromatic rings. The number of nitrogens with zero attached hydrogens (tertiary/aromatic N) is 1. The number of amides is 1. The van der Waals surface area contributed by atoms with Gasteiger partial charge in [0, 0.05) is 25.0 Å². The molecule has 1 heterocycles. The number of halogens is 3. The third-order valence-electron chi connectivity index (χ3n) is 4.66. The van der Waals surface area contributed by atoms with Gasteiger partial charge in [-0.05, 0) is 49.3 Å². The monoisotopic (exact) mass is 362 g/mol. The van der Waals surface area contributed by atoms with Gasteiger partial charge in [0.2, 0.25) is 5.91 Å². The van der Waals surface area contributed by atoms with E-state index in [1.807, 2.05) is 23.1 Å². The second kappa shape index (κ2) is 7.39. The fourth-order valence-corrected chi connectivity index (χ4v) is 3.63. The highest BCUT2D eigenvalue weighted by atomic mass is 35.5. The molecule has 0 radical (unpaired) electrons. The van der Waals surface area contributed by atoms with Crippen LogP contribution in [0, 0.1) is 5.92 Å². The van der Waals surface area contributed by atoms with Crippen molar-refractivity contribution in [3.63, 3.8) is 0 Å². The maximum Gasteiger partial charge on any atom is 0.226 e. The molecule has 0 bridgehead atoms. The van der Waals surface area contributed by atoms with Gasteiger partial charge in [0.1, 0.15) is 0 Å². The lowest BCUT2D eigenvalue weighted by Crippen LogP contribution is -2.48. The van der Waals surface area contributed by atoms with Crippen molar-refractivity contribution >= 4 is 41.5 Å². The van der Waals surface area contributed by atoms with Gasteiger partial charge in [0.25, 0.3) is 0 Å². The maximum atomic E-state index is 12.7. The lowest BCUT2D eigenvalue weighted by atomic mass is 10.0. The Hall–Kier alpha value is -0.480. The Balaban J connectivity index is 0.00000176. The lowest BCUT2D eigenvalue weighted by Gasteiger charge is -2.35. The van der Waals surface area contributed by atoms with E-state index in [-0.39, 0.29) is 36.2 Å². The van der Waals surface area contributed by atoms with E-state index in [0.717, 1.165) is 31.4 Å². The molecular weight excluding hydrogens is 343 g/mol. The Kier molecular flexibility index (Phi) is 6.00. The Bertz CT molecular complexity index is 552. The van der Waals surface area contributed by atoms with Crippen LogP contribution in [0.3, 0.4) is 0 Å². The number of nitrogens with two attached hydrogens (primary N) is 1. The molecule has 6 heteroatoms. The zero-order valence-corrected chi connectivity index (χ0v) is 14.6. The van der Waals surface area contributed by atoms with Gasteiger partial charge in [-0.1, -0.05) is 29.3 Å². The summed E-state index contributed by atoms with van der Waals surface area (Å²) < 4.78 is 0. The number of benzene rings is 1. The molecule has 1 aliphatic heterocycles. The average Bonchev–Trinajstić information content (AvgIpc) is 3.30. The van der Waals surface area contributed by atoms with Crippen molar-refractivity contribution < 1.29 is 4.79 Å². The van der Waals surface area contributed by atoms with E-state index in [2.05, 4.69) is 0 Å². The number of hydrogen-bond acceptors (Lipinski definition) is 2. The van der Waals surface area contributed by atoms with E-state index in [0.29, 0.717) is 16.6 Å². The molecule has 3 unspecified atom stereocenters. The summed E-state index contributed by atoms with van der Waals surface area (Å²) in [5, 5.41) is 1.12. The van der Waals surface area contributed by atoms with Crippen LogP contribution in [0.2, 0.25) is 10.0 Å². The Labute approximate surface area is 147 Å². The molecule has 1 amide bonds. The van der Waals surface area contributed by atoms with Crippen LogP contribution >= 0.6 is 35.6 Å². The van der Waals surface area contributed by atoms with Crippen LogP contribution in [0.4, 0.5) is 0 Å². The van der Waals surface area contributed by atoms with Crippen LogP contribution in [-0.2, 0) is 4.79 Å². The fourth-order valence-electron chi connectivity index (χ4n) is 3.33. The second-order valence-corrected chi connectivity index (χ2v) is 6.85. The first-order chi connectivity index (χ1) is 10.1. The summed E-state index contributed by atoms with van der Waals surface area (Å²) in [4.78, 5) is 14.7. The third-order valence-corrected chi connectivity index (χ3v) is 5.40. The minimum atomic E-state index is 0. The van der Waals surface area contributed by atoms with Gasteiger partial charge < -0.3 is 10.6 Å². The van der Waals surface area contributed by atoms with Gasteiger partial charge in [-0.15, -0.1) is 12.4 Å². The standard InChI is InChI=1S/C16H20Cl2N2O.ClH/c17-14-5-4-10(7-15(14)18)12-8-13(12)16(21)20-6-2-1-3-11(20)9-19;/h4-5,7,11-13H,1-3,6,8-9,19H2;1H. The number of carbonyl (C=O) groups excluding carboxylic acids is 1. The van der Waals surface area contributed by atoms with Gasteiger partial charge in [-0.25, -0.2) is 0 Å². The van der Waals surface area contributed by atoms with Crippen LogP contribution in [0.5, 0.6) is 0 Å². The van der Waals surface area contributed by atoms with Crippen molar-refractivity contribution in [2.75, 3.05) is 13.1 Å². The molecular formula is C16H21Cl3N2O. The third kappa shape index (κ3) is 3.53. The van der Waals surface area contributed by atoms with Crippen molar-refractivity contribution in [1.82, 2.24) is 4.90 Å². The SMILES string of the molecule is Cl.NCC1CCCCN1C(=O)C1CC1c1ccc(Cl)c(Cl)c1. The van der Waals surface area contributed by atoms with E-state index >= 15 is 0 Å². The number of rotatable bonds is 3. The fraction of sp³-hybridized carbons (Fsp3) is 0.562. The highest BCUT2D eigenvalue weighted by molar-refractivity contribution is 6.42. The number of carbonyl (C=O) groups is 1. The molecule has 1 saturated heterocycles. The first kappa shape index (κ1) is 17.9. The lowest BCUT2D eigenvalue weighted by molar-refractivity contribution is -0.136. The summed E-state index contributed by atoms with van der Waals surface area (Å²) in [6.07, 6.45) is 4.20. The summed E-state index contributed by atoms with van der Waals surface area (Å²) >= 11 is 12.0. The van der Waals surface area contributed by atoms with Crippen LogP contribution in [-0.4, -0.2) is 29.9 Å². The highest BCUT2D eigenvalue weighted by Crippen LogP contribution is 2.49. The van der Waals surface area contributed by atoms with Gasteiger partial charge in [-0.3, -0.25) is 4.79 Å². The zero-order chi connectivity index (χ0) is 15.0. The molecule has 3 nitrogen and oxygen atoms in total. The number of hydrogen-bond donors (Lipinski definition) is 1. The van der Waals surface area contributed by atoms with E-state index in [9.17, 15) is 4.79 Å². The predicted molar refractivity (Wildman–Crippen MR) is 93.0 cm³/mol. The van der Waals surface area contributed by atoms with Crippen LogP contribution in [0.15, 0.2) is 18.2 Å². The van der Waals surface area contributed by atoms with Crippen molar-refractivity contribution in [2.45, 2.75) is 37.6 Å². The van der Waals surface area contributed by atoms with E-state index in [1.165, 1.54) is 6.42 Å². The summed E-state index contributed by atoms with van der Waals surface area (Å²) in [7, 11) is 0. The zero-order valence-electron chi connectivity index (χ0n) is 12.3. The molecule has 1 saturated carbocycles. The largest absolute Gasteiger partial charge is 0.338 e. The predicted octanol–water partition coefficient (Wildman–Crippen LogP) is 3.86. The molecule has 3 rings (SSSR count). The topological polar surface area (TPSA) is 46.3 Å². The van der Waals surface area contributed by atoms with Gasteiger partial charge in [0.05, 0.1) is 10.0 Å². The van der Waals surface area contributed by atoms with Crippen molar-refractivity contribution in [3.05, 3.63) is 33.8 Å². The Morgan fingerprint density at radius 1 is 1.27 bits per heavy atom. The summed E-state index contributed by atoms with van der Waals surface area (Å²) in [5.41, 5.74) is 6.92. The molecule has 0 aromatic heterocycles. The van der Waals surface area contributed by atoms with Crippen molar-refractivity contribution in [2.24, 2.45) is 11.7 Å².